The summed E-state index contributed by atoms with van der Waals surface area (Å²) in [4.78, 5) is 23.0. The fraction of sp³-hybridized carbons (Fsp3) is 0.722. The average Bonchev–Trinajstić information content (AvgIpc) is 3.00. The Labute approximate surface area is 178 Å². The number of hydrogen-bond donors (Lipinski definition) is 2. The molecule has 0 aromatic carbocycles. The minimum atomic E-state index is -0.216. The molecule has 26 heavy (non-hydrogen) atoms. The third-order valence-corrected chi connectivity index (χ3v) is 5.16. The van der Waals surface area contributed by atoms with Gasteiger partial charge >= 0.3 is 0 Å². The van der Waals surface area contributed by atoms with Crippen LogP contribution in [0.5, 0.6) is 0 Å². The highest BCUT2D eigenvalue weighted by Gasteiger charge is 2.23. The molecular weight excluding hydrogens is 461 g/mol. The lowest BCUT2D eigenvalue weighted by Crippen LogP contribution is -2.47. The summed E-state index contributed by atoms with van der Waals surface area (Å²) < 4.78 is 0. The Kier molecular flexibility index (Phi) is 9.29. The summed E-state index contributed by atoms with van der Waals surface area (Å²) in [6, 6.07) is 0. The van der Waals surface area contributed by atoms with Crippen molar-refractivity contribution in [1.29, 1.82) is 0 Å². The zero-order valence-electron chi connectivity index (χ0n) is 16.2. The van der Waals surface area contributed by atoms with Crippen LogP contribution >= 0.6 is 35.3 Å². The second-order valence-electron chi connectivity index (χ2n) is 7.67. The third-order valence-electron chi connectivity index (χ3n) is 4.33. The van der Waals surface area contributed by atoms with Crippen molar-refractivity contribution in [2.24, 2.45) is 16.6 Å². The number of aliphatic imine (C=N–C) groups is 1. The minimum Gasteiger partial charge on any atom is -0.370 e. The highest BCUT2D eigenvalue weighted by Crippen LogP contribution is 2.24. The lowest BCUT2D eigenvalue weighted by atomic mass is 9.93. The standard InChI is InChI=1S/C18H31N5OS.HI/c1-5-20-17(23-8-6-7-13(11-23)9-15(19)24)21-10-16-22-14(12-25-16)18(2,3)4;/h12-13H,5-11H2,1-4H3,(H2,19,24)(H,20,21);1H. The SMILES string of the molecule is CCNC(=NCc1nc(C(C)(C)C)cs1)N1CCCC(CC(N)=O)C1.I. The van der Waals surface area contributed by atoms with Crippen LogP contribution < -0.4 is 11.1 Å². The molecule has 1 aromatic rings. The summed E-state index contributed by atoms with van der Waals surface area (Å²) in [5.41, 5.74) is 6.55. The molecule has 0 saturated carbocycles. The van der Waals surface area contributed by atoms with Crippen LogP contribution in [0.4, 0.5) is 0 Å². The monoisotopic (exact) mass is 493 g/mol. The number of hydrogen-bond acceptors (Lipinski definition) is 4. The van der Waals surface area contributed by atoms with E-state index in [0.717, 1.165) is 49.1 Å². The van der Waals surface area contributed by atoms with Crippen molar-refractivity contribution >= 4 is 47.2 Å². The number of likely N-dealkylation sites (tertiary alicyclic amines) is 1. The van der Waals surface area contributed by atoms with Gasteiger partial charge in [-0.15, -0.1) is 35.3 Å². The van der Waals surface area contributed by atoms with E-state index in [1.54, 1.807) is 11.3 Å². The predicted octanol–water partition coefficient (Wildman–Crippen LogP) is 3.11. The maximum Gasteiger partial charge on any atom is 0.217 e. The average molecular weight is 493 g/mol. The molecule has 1 amide bonds. The molecule has 1 saturated heterocycles. The molecule has 1 aliphatic rings. The molecule has 1 aromatic heterocycles. The van der Waals surface area contributed by atoms with E-state index in [0.29, 0.717) is 18.9 Å². The van der Waals surface area contributed by atoms with E-state index in [2.05, 4.69) is 43.3 Å². The van der Waals surface area contributed by atoms with Crippen LogP contribution in [0, 0.1) is 5.92 Å². The van der Waals surface area contributed by atoms with Gasteiger partial charge in [-0.05, 0) is 25.7 Å². The molecule has 0 aliphatic carbocycles. The first kappa shape index (κ1) is 23.1. The summed E-state index contributed by atoms with van der Waals surface area (Å²) in [5, 5.41) is 6.53. The Morgan fingerprint density at radius 2 is 2.23 bits per heavy atom. The number of aromatic nitrogens is 1. The topological polar surface area (TPSA) is 83.6 Å². The summed E-state index contributed by atoms with van der Waals surface area (Å²) in [6.45, 7) is 11.8. The van der Waals surface area contributed by atoms with Gasteiger partial charge in [-0.25, -0.2) is 9.98 Å². The van der Waals surface area contributed by atoms with Crippen LogP contribution in [-0.4, -0.2) is 41.4 Å². The maximum atomic E-state index is 11.2. The summed E-state index contributed by atoms with van der Waals surface area (Å²) in [5.74, 6) is 1.01. The Bertz CT molecular complexity index is 611. The van der Waals surface area contributed by atoms with Crippen LogP contribution in [0.2, 0.25) is 0 Å². The van der Waals surface area contributed by atoms with E-state index in [9.17, 15) is 4.79 Å². The molecule has 148 valence electrons. The van der Waals surface area contributed by atoms with E-state index in [4.69, 9.17) is 15.7 Å². The molecule has 6 nitrogen and oxygen atoms in total. The number of thiazole rings is 1. The van der Waals surface area contributed by atoms with Gasteiger partial charge in [0.25, 0.3) is 0 Å². The van der Waals surface area contributed by atoms with Crippen molar-refractivity contribution in [1.82, 2.24) is 15.2 Å². The van der Waals surface area contributed by atoms with Crippen LogP contribution in [0.1, 0.15) is 57.7 Å². The first-order chi connectivity index (χ1) is 11.8. The Morgan fingerprint density at radius 1 is 1.50 bits per heavy atom. The van der Waals surface area contributed by atoms with Gasteiger partial charge in [0.1, 0.15) is 5.01 Å². The zero-order chi connectivity index (χ0) is 18.4. The number of nitrogens with one attached hydrogen (secondary N) is 1. The molecule has 3 N–H and O–H groups in total. The number of carbonyl (C=O) groups excluding carboxylic acids is 1. The van der Waals surface area contributed by atoms with Crippen molar-refractivity contribution in [3.05, 3.63) is 16.1 Å². The Hall–Kier alpha value is -0.900. The summed E-state index contributed by atoms with van der Waals surface area (Å²) in [6.07, 6.45) is 2.57. The molecule has 2 rings (SSSR count). The van der Waals surface area contributed by atoms with Crippen molar-refractivity contribution in [3.8, 4) is 0 Å². The third kappa shape index (κ3) is 7.02. The number of carbonyl (C=O) groups is 1. The molecule has 1 aliphatic heterocycles. The number of piperidine rings is 1. The Balaban J connectivity index is 0.00000338. The van der Waals surface area contributed by atoms with Crippen molar-refractivity contribution in [3.63, 3.8) is 0 Å². The molecule has 0 spiro atoms. The second-order valence-corrected chi connectivity index (χ2v) is 8.61. The molecule has 8 heteroatoms. The summed E-state index contributed by atoms with van der Waals surface area (Å²) in [7, 11) is 0. The highest BCUT2D eigenvalue weighted by atomic mass is 127. The van der Waals surface area contributed by atoms with Crippen molar-refractivity contribution in [2.75, 3.05) is 19.6 Å². The second kappa shape index (κ2) is 10.4. The lowest BCUT2D eigenvalue weighted by molar-refractivity contribution is -0.119. The molecule has 1 fully saturated rings. The largest absolute Gasteiger partial charge is 0.370 e. The van der Waals surface area contributed by atoms with Crippen molar-refractivity contribution < 1.29 is 4.79 Å². The number of nitrogens with zero attached hydrogens (tertiary/aromatic N) is 3. The number of amides is 1. The number of guanidine groups is 1. The quantitative estimate of drug-likeness (QED) is 0.375. The predicted molar refractivity (Wildman–Crippen MR) is 119 cm³/mol. The molecule has 2 heterocycles. The van der Waals surface area contributed by atoms with E-state index in [1.165, 1.54) is 0 Å². The molecule has 0 bridgehead atoms. The number of halogens is 1. The van der Waals surface area contributed by atoms with E-state index < -0.39 is 0 Å². The Morgan fingerprint density at radius 3 is 2.81 bits per heavy atom. The van der Waals surface area contributed by atoms with Gasteiger partial charge < -0.3 is 16.0 Å². The van der Waals surface area contributed by atoms with Gasteiger partial charge in [0.2, 0.25) is 5.91 Å². The first-order valence-electron chi connectivity index (χ1n) is 9.06. The number of nitrogens with two attached hydrogens (primary N) is 1. The minimum absolute atomic E-state index is 0. The fourth-order valence-electron chi connectivity index (χ4n) is 3.00. The molecule has 1 unspecified atom stereocenters. The fourth-order valence-corrected chi connectivity index (χ4v) is 3.95. The molecule has 1 atom stereocenters. The molecular formula is C18H32IN5OS. The zero-order valence-corrected chi connectivity index (χ0v) is 19.4. The van der Waals surface area contributed by atoms with E-state index in [-0.39, 0.29) is 35.3 Å². The van der Waals surface area contributed by atoms with Gasteiger partial charge in [0, 0.05) is 36.9 Å². The van der Waals surface area contributed by atoms with Gasteiger partial charge in [-0.1, -0.05) is 20.8 Å². The van der Waals surface area contributed by atoms with Crippen molar-refractivity contribution in [2.45, 2.75) is 58.9 Å². The van der Waals surface area contributed by atoms with Crippen LogP contribution in [0.15, 0.2) is 10.4 Å². The highest BCUT2D eigenvalue weighted by molar-refractivity contribution is 14.0. The normalized spacial score (nSPS) is 18.4. The van der Waals surface area contributed by atoms with Crippen LogP contribution in [0.25, 0.3) is 0 Å². The number of primary amides is 1. The molecule has 0 radical (unpaired) electrons. The first-order valence-corrected chi connectivity index (χ1v) is 9.94. The summed E-state index contributed by atoms with van der Waals surface area (Å²) >= 11 is 1.67. The number of rotatable bonds is 5. The van der Waals surface area contributed by atoms with Crippen LogP contribution in [-0.2, 0) is 16.8 Å². The lowest BCUT2D eigenvalue weighted by Gasteiger charge is -2.34. The van der Waals surface area contributed by atoms with E-state index in [1.807, 2.05) is 0 Å². The van der Waals surface area contributed by atoms with Gasteiger partial charge in [0.15, 0.2) is 5.96 Å². The maximum absolute atomic E-state index is 11.2. The van der Waals surface area contributed by atoms with Gasteiger partial charge in [0.05, 0.1) is 12.2 Å². The van der Waals surface area contributed by atoms with E-state index >= 15 is 0 Å². The smallest absolute Gasteiger partial charge is 0.217 e. The van der Waals surface area contributed by atoms with Gasteiger partial charge in [-0.2, -0.15) is 0 Å². The van der Waals surface area contributed by atoms with Gasteiger partial charge in [-0.3, -0.25) is 4.79 Å². The van der Waals surface area contributed by atoms with Crippen LogP contribution in [0.3, 0.4) is 0 Å².